The summed E-state index contributed by atoms with van der Waals surface area (Å²) >= 11 is 0. The number of aliphatic imine (C=N–C) groups is 1. The molecule has 0 amide bonds. The maximum Gasteiger partial charge on any atom is 0.195 e. The molecule has 0 saturated carbocycles. The summed E-state index contributed by atoms with van der Waals surface area (Å²) in [6.07, 6.45) is 2.01. The van der Waals surface area contributed by atoms with Gasteiger partial charge < -0.3 is 29.7 Å². The van der Waals surface area contributed by atoms with Crippen molar-refractivity contribution in [3.63, 3.8) is 0 Å². The summed E-state index contributed by atoms with van der Waals surface area (Å²) in [6, 6.07) is 16.2. The Balaban J connectivity index is 1.46. The number of methoxy groups -OCH3 is 2. The molecule has 0 aliphatic carbocycles. The van der Waals surface area contributed by atoms with Gasteiger partial charge in [-0.1, -0.05) is 12.1 Å². The molecule has 2 N–H and O–H groups in total. The molecule has 7 nitrogen and oxygen atoms in total. The van der Waals surface area contributed by atoms with Gasteiger partial charge in [0.1, 0.15) is 11.5 Å². The summed E-state index contributed by atoms with van der Waals surface area (Å²) < 4.78 is 16.2. The first kappa shape index (κ1) is 22.7. The monoisotopic (exact) mass is 426 g/mol. The molecule has 1 aliphatic heterocycles. The highest BCUT2D eigenvalue weighted by Gasteiger charge is 2.23. The van der Waals surface area contributed by atoms with E-state index < -0.39 is 0 Å². The number of nitrogens with one attached hydrogen (secondary N) is 2. The number of rotatable bonds is 10. The Morgan fingerprint density at radius 1 is 1.10 bits per heavy atom. The molecule has 7 heteroatoms. The number of ether oxygens (including phenoxy) is 3. The smallest absolute Gasteiger partial charge is 0.195 e. The van der Waals surface area contributed by atoms with Crippen LogP contribution in [0.1, 0.15) is 12.8 Å². The first-order chi connectivity index (χ1) is 15.2. The second-order valence-corrected chi connectivity index (χ2v) is 7.60. The van der Waals surface area contributed by atoms with E-state index in [0.717, 1.165) is 55.6 Å². The van der Waals surface area contributed by atoms with Gasteiger partial charge in [-0.05, 0) is 36.6 Å². The van der Waals surface area contributed by atoms with Gasteiger partial charge in [0.2, 0.25) is 0 Å². The molecular weight excluding hydrogens is 392 g/mol. The minimum absolute atomic E-state index is 0.556. The summed E-state index contributed by atoms with van der Waals surface area (Å²) in [7, 11) is 5.19. The fraction of sp³-hybridized carbons (Fsp3) is 0.458. The molecule has 0 radical (unpaired) electrons. The maximum atomic E-state index is 5.78. The minimum Gasteiger partial charge on any atom is -0.497 e. The highest BCUT2D eigenvalue weighted by Crippen LogP contribution is 2.26. The van der Waals surface area contributed by atoms with Crippen molar-refractivity contribution in [2.75, 3.05) is 64.3 Å². The van der Waals surface area contributed by atoms with Crippen LogP contribution in [-0.4, -0.2) is 60.1 Å². The van der Waals surface area contributed by atoms with E-state index >= 15 is 0 Å². The Morgan fingerprint density at radius 3 is 2.74 bits per heavy atom. The lowest BCUT2D eigenvalue weighted by atomic mass is 10.1. The average Bonchev–Trinajstić information content (AvgIpc) is 3.29. The normalized spacial score (nSPS) is 16.3. The SMILES string of the molecule is CN=C(NCC1CCN(c2cccc(OC)c2)C1)Nc1cccc(OCCCOC)c1. The van der Waals surface area contributed by atoms with Gasteiger partial charge >= 0.3 is 0 Å². The zero-order valence-electron chi connectivity index (χ0n) is 18.8. The van der Waals surface area contributed by atoms with E-state index in [9.17, 15) is 0 Å². The van der Waals surface area contributed by atoms with Crippen LogP contribution in [0.15, 0.2) is 53.5 Å². The third-order valence-corrected chi connectivity index (χ3v) is 5.34. The van der Waals surface area contributed by atoms with Crippen LogP contribution in [-0.2, 0) is 4.74 Å². The lowest BCUT2D eigenvalue weighted by Gasteiger charge is -2.20. The Bertz CT molecular complexity index is 843. The molecular formula is C24H34N4O3. The molecule has 31 heavy (non-hydrogen) atoms. The number of guanidine groups is 1. The van der Waals surface area contributed by atoms with Crippen LogP contribution < -0.4 is 25.0 Å². The van der Waals surface area contributed by atoms with Gasteiger partial charge in [0.05, 0.1) is 13.7 Å². The molecule has 2 aromatic carbocycles. The second kappa shape index (κ2) is 12.1. The van der Waals surface area contributed by atoms with Gasteiger partial charge in [-0.2, -0.15) is 0 Å². The van der Waals surface area contributed by atoms with Crippen molar-refractivity contribution in [1.82, 2.24) is 5.32 Å². The number of nitrogens with zero attached hydrogens (tertiary/aromatic N) is 2. The molecule has 0 bridgehead atoms. The van der Waals surface area contributed by atoms with Crippen LogP contribution in [0.4, 0.5) is 11.4 Å². The first-order valence-corrected chi connectivity index (χ1v) is 10.8. The Kier molecular flexibility index (Phi) is 8.84. The summed E-state index contributed by atoms with van der Waals surface area (Å²) in [5.74, 6) is 3.05. The molecule has 1 saturated heterocycles. The molecule has 1 fully saturated rings. The highest BCUT2D eigenvalue weighted by atomic mass is 16.5. The fourth-order valence-electron chi connectivity index (χ4n) is 3.65. The van der Waals surface area contributed by atoms with E-state index in [0.29, 0.717) is 19.1 Å². The molecule has 1 aliphatic rings. The van der Waals surface area contributed by atoms with Crippen molar-refractivity contribution in [2.24, 2.45) is 10.9 Å². The molecule has 2 aromatic rings. The first-order valence-electron chi connectivity index (χ1n) is 10.8. The van der Waals surface area contributed by atoms with E-state index in [1.807, 2.05) is 36.4 Å². The molecule has 1 unspecified atom stereocenters. The lowest BCUT2D eigenvalue weighted by Crippen LogP contribution is -2.35. The largest absolute Gasteiger partial charge is 0.497 e. The standard InChI is InChI=1S/C24H34N4O3/c1-25-24(27-20-7-4-10-23(15-20)31-14-6-13-29-2)26-17-19-11-12-28(18-19)21-8-5-9-22(16-21)30-3/h4-5,7-10,15-16,19H,6,11-14,17-18H2,1-3H3,(H2,25,26,27). The summed E-state index contributed by atoms with van der Waals surface area (Å²) in [5, 5.41) is 6.82. The van der Waals surface area contributed by atoms with Gasteiger partial charge in [-0.15, -0.1) is 0 Å². The number of hydrogen-bond donors (Lipinski definition) is 2. The lowest BCUT2D eigenvalue weighted by molar-refractivity contribution is 0.172. The van der Waals surface area contributed by atoms with Crippen molar-refractivity contribution in [3.05, 3.63) is 48.5 Å². The Hall–Kier alpha value is -2.93. The Labute approximate surface area is 185 Å². The van der Waals surface area contributed by atoms with E-state index in [4.69, 9.17) is 14.2 Å². The van der Waals surface area contributed by atoms with Crippen LogP contribution in [0.5, 0.6) is 11.5 Å². The Morgan fingerprint density at radius 2 is 1.94 bits per heavy atom. The zero-order valence-corrected chi connectivity index (χ0v) is 18.8. The van der Waals surface area contributed by atoms with E-state index in [2.05, 4.69) is 32.7 Å². The number of benzene rings is 2. The third-order valence-electron chi connectivity index (χ3n) is 5.34. The molecule has 1 atom stereocenters. The van der Waals surface area contributed by atoms with Crippen LogP contribution in [0.25, 0.3) is 0 Å². The van der Waals surface area contributed by atoms with Crippen LogP contribution in [0.2, 0.25) is 0 Å². The third kappa shape index (κ3) is 7.07. The number of anilines is 2. The van der Waals surface area contributed by atoms with Gasteiger partial charge in [-0.25, -0.2) is 0 Å². The van der Waals surface area contributed by atoms with Gasteiger partial charge in [0.25, 0.3) is 0 Å². The fourth-order valence-corrected chi connectivity index (χ4v) is 3.65. The molecule has 1 heterocycles. The zero-order chi connectivity index (χ0) is 21.9. The molecule has 3 rings (SSSR count). The predicted octanol–water partition coefficient (Wildman–Crippen LogP) is 3.62. The van der Waals surface area contributed by atoms with E-state index in [1.165, 1.54) is 5.69 Å². The van der Waals surface area contributed by atoms with Crippen LogP contribution in [0.3, 0.4) is 0 Å². The van der Waals surface area contributed by atoms with Crippen molar-refractivity contribution >= 4 is 17.3 Å². The van der Waals surface area contributed by atoms with Crippen LogP contribution in [0, 0.1) is 5.92 Å². The second-order valence-electron chi connectivity index (χ2n) is 7.60. The van der Waals surface area contributed by atoms with E-state index in [-0.39, 0.29) is 0 Å². The van der Waals surface area contributed by atoms with Crippen molar-refractivity contribution in [1.29, 1.82) is 0 Å². The van der Waals surface area contributed by atoms with Crippen LogP contribution >= 0.6 is 0 Å². The molecule has 0 aromatic heterocycles. The quantitative estimate of drug-likeness (QED) is 0.344. The van der Waals surface area contributed by atoms with Crippen molar-refractivity contribution < 1.29 is 14.2 Å². The summed E-state index contributed by atoms with van der Waals surface area (Å²) in [6.45, 7) is 4.27. The van der Waals surface area contributed by atoms with E-state index in [1.54, 1.807) is 21.3 Å². The summed E-state index contributed by atoms with van der Waals surface area (Å²) in [5.41, 5.74) is 2.16. The molecule has 168 valence electrons. The summed E-state index contributed by atoms with van der Waals surface area (Å²) in [4.78, 5) is 6.78. The maximum absolute atomic E-state index is 5.78. The van der Waals surface area contributed by atoms with Gasteiger partial charge in [0.15, 0.2) is 5.96 Å². The minimum atomic E-state index is 0.556. The van der Waals surface area contributed by atoms with Crippen molar-refractivity contribution in [2.45, 2.75) is 12.8 Å². The molecule has 0 spiro atoms. The number of hydrogen-bond acceptors (Lipinski definition) is 5. The highest BCUT2D eigenvalue weighted by molar-refractivity contribution is 5.93. The van der Waals surface area contributed by atoms with Crippen molar-refractivity contribution in [3.8, 4) is 11.5 Å². The average molecular weight is 427 g/mol. The van der Waals surface area contributed by atoms with Gasteiger partial charge in [0, 0.05) is 70.3 Å². The predicted molar refractivity (Wildman–Crippen MR) is 127 cm³/mol. The topological polar surface area (TPSA) is 67.4 Å². The van der Waals surface area contributed by atoms with Gasteiger partial charge in [-0.3, -0.25) is 4.99 Å².